The van der Waals surface area contributed by atoms with Gasteiger partial charge in [-0.15, -0.1) is 0 Å². The summed E-state index contributed by atoms with van der Waals surface area (Å²) in [4.78, 5) is 11.6. The van der Waals surface area contributed by atoms with Crippen LogP contribution in [0, 0.1) is 5.82 Å². The van der Waals surface area contributed by atoms with Crippen LogP contribution in [0.4, 0.5) is 4.39 Å². The monoisotopic (exact) mass is 336 g/mol. The van der Waals surface area contributed by atoms with E-state index in [0.29, 0.717) is 21.9 Å². The van der Waals surface area contributed by atoms with Gasteiger partial charge in [-0.2, -0.15) is 0 Å². The van der Waals surface area contributed by atoms with Gasteiger partial charge >= 0.3 is 5.97 Å². The van der Waals surface area contributed by atoms with Gasteiger partial charge in [0.2, 0.25) is 0 Å². The summed E-state index contributed by atoms with van der Waals surface area (Å²) in [5.74, 6) is -1.57. The van der Waals surface area contributed by atoms with E-state index in [0.717, 1.165) is 0 Å². The standard InChI is InChI=1S/C18H18ClFO3/c1-11(2)23-17-8-5-14(19)9-13(17)10-16(18(21)22)12-3-6-15(20)7-4-12/h3-9,11,16H,10H2,1-2H3,(H,21,22). The fourth-order valence-electron chi connectivity index (χ4n) is 2.34. The number of ether oxygens (including phenoxy) is 1. The highest BCUT2D eigenvalue weighted by Crippen LogP contribution is 2.30. The summed E-state index contributed by atoms with van der Waals surface area (Å²) in [5.41, 5.74) is 1.25. The molecule has 0 radical (unpaired) electrons. The van der Waals surface area contributed by atoms with Crippen molar-refractivity contribution in [1.29, 1.82) is 0 Å². The molecule has 0 saturated heterocycles. The third kappa shape index (κ3) is 4.70. The summed E-state index contributed by atoms with van der Waals surface area (Å²) in [6.07, 6.45) is 0.174. The first-order valence-corrected chi connectivity index (χ1v) is 7.68. The van der Waals surface area contributed by atoms with Gasteiger partial charge in [0, 0.05) is 5.02 Å². The molecule has 0 aromatic heterocycles. The lowest BCUT2D eigenvalue weighted by Crippen LogP contribution is -2.16. The first-order valence-electron chi connectivity index (χ1n) is 7.30. The van der Waals surface area contributed by atoms with Gasteiger partial charge in [0.05, 0.1) is 12.0 Å². The van der Waals surface area contributed by atoms with Crippen LogP contribution in [0.1, 0.15) is 30.9 Å². The quantitative estimate of drug-likeness (QED) is 0.833. The number of hydrogen-bond donors (Lipinski definition) is 1. The highest BCUT2D eigenvalue weighted by molar-refractivity contribution is 6.30. The lowest BCUT2D eigenvalue weighted by Gasteiger charge is -2.18. The van der Waals surface area contributed by atoms with Crippen molar-refractivity contribution < 1.29 is 19.0 Å². The smallest absolute Gasteiger partial charge is 0.311 e. The summed E-state index contributed by atoms with van der Waals surface area (Å²) in [6.45, 7) is 3.79. The zero-order valence-electron chi connectivity index (χ0n) is 12.9. The number of halogens is 2. The van der Waals surface area contributed by atoms with Crippen LogP contribution in [0.3, 0.4) is 0 Å². The number of benzene rings is 2. The molecule has 0 aliphatic carbocycles. The van der Waals surface area contributed by atoms with Crippen molar-refractivity contribution in [3.05, 3.63) is 64.4 Å². The Hall–Kier alpha value is -2.07. The Kier molecular flexibility index (Phi) is 5.61. The molecule has 0 spiro atoms. The number of rotatable bonds is 6. The molecule has 0 heterocycles. The second-order valence-electron chi connectivity index (χ2n) is 5.57. The van der Waals surface area contributed by atoms with Gasteiger partial charge in [0.15, 0.2) is 0 Å². The van der Waals surface area contributed by atoms with Gasteiger partial charge in [-0.1, -0.05) is 23.7 Å². The van der Waals surface area contributed by atoms with Crippen molar-refractivity contribution in [1.82, 2.24) is 0 Å². The Bertz CT molecular complexity index is 683. The molecule has 2 aromatic rings. The molecule has 1 unspecified atom stereocenters. The maximum Gasteiger partial charge on any atom is 0.311 e. The molecule has 23 heavy (non-hydrogen) atoms. The second kappa shape index (κ2) is 7.47. The normalized spacial score (nSPS) is 12.2. The van der Waals surface area contributed by atoms with E-state index < -0.39 is 17.7 Å². The number of aliphatic carboxylic acids is 1. The highest BCUT2D eigenvalue weighted by Gasteiger charge is 2.22. The topological polar surface area (TPSA) is 46.5 Å². The van der Waals surface area contributed by atoms with E-state index in [-0.39, 0.29) is 12.5 Å². The third-order valence-electron chi connectivity index (χ3n) is 3.38. The summed E-state index contributed by atoms with van der Waals surface area (Å²) >= 11 is 6.03. The molecule has 122 valence electrons. The minimum absolute atomic E-state index is 0.0379. The van der Waals surface area contributed by atoms with E-state index in [1.54, 1.807) is 18.2 Å². The predicted molar refractivity (Wildman–Crippen MR) is 87.7 cm³/mol. The first kappa shape index (κ1) is 17.3. The highest BCUT2D eigenvalue weighted by atomic mass is 35.5. The average molecular weight is 337 g/mol. The molecule has 0 amide bonds. The molecule has 0 fully saturated rings. The van der Waals surface area contributed by atoms with Crippen LogP contribution >= 0.6 is 11.6 Å². The minimum atomic E-state index is -0.980. The molecule has 1 atom stereocenters. The molecular formula is C18H18ClFO3. The van der Waals surface area contributed by atoms with Crippen LogP contribution in [0.25, 0.3) is 0 Å². The maximum absolute atomic E-state index is 13.1. The molecule has 0 bridgehead atoms. The molecule has 0 aliphatic heterocycles. The first-order chi connectivity index (χ1) is 10.9. The van der Waals surface area contributed by atoms with E-state index in [4.69, 9.17) is 16.3 Å². The van der Waals surface area contributed by atoms with E-state index in [1.807, 2.05) is 13.8 Å². The van der Waals surface area contributed by atoms with Crippen LogP contribution in [-0.2, 0) is 11.2 Å². The van der Waals surface area contributed by atoms with Crippen molar-refractivity contribution in [2.45, 2.75) is 32.3 Å². The van der Waals surface area contributed by atoms with Crippen molar-refractivity contribution >= 4 is 17.6 Å². The summed E-state index contributed by atoms with van der Waals surface area (Å²) < 4.78 is 18.8. The SMILES string of the molecule is CC(C)Oc1ccc(Cl)cc1CC(C(=O)O)c1ccc(F)cc1. The van der Waals surface area contributed by atoms with E-state index in [2.05, 4.69) is 0 Å². The Morgan fingerprint density at radius 1 is 1.22 bits per heavy atom. The van der Waals surface area contributed by atoms with Gasteiger partial charge < -0.3 is 9.84 Å². The Labute approximate surface area is 139 Å². The fourth-order valence-corrected chi connectivity index (χ4v) is 2.53. The van der Waals surface area contributed by atoms with E-state index >= 15 is 0 Å². The van der Waals surface area contributed by atoms with Gasteiger partial charge in [-0.3, -0.25) is 4.79 Å². The van der Waals surface area contributed by atoms with Crippen LogP contribution in [0.2, 0.25) is 5.02 Å². The number of hydrogen-bond acceptors (Lipinski definition) is 2. The van der Waals surface area contributed by atoms with E-state index in [9.17, 15) is 14.3 Å². The summed E-state index contributed by atoms with van der Waals surface area (Å²) in [7, 11) is 0. The molecular weight excluding hydrogens is 319 g/mol. The minimum Gasteiger partial charge on any atom is -0.491 e. The van der Waals surface area contributed by atoms with Gasteiger partial charge in [-0.25, -0.2) is 4.39 Å². The molecule has 3 nitrogen and oxygen atoms in total. The predicted octanol–water partition coefficient (Wildman–Crippen LogP) is 4.68. The van der Waals surface area contributed by atoms with Crippen molar-refractivity contribution in [3.8, 4) is 5.75 Å². The van der Waals surface area contributed by atoms with Crippen LogP contribution in [0.15, 0.2) is 42.5 Å². The number of carbonyl (C=O) groups is 1. The van der Waals surface area contributed by atoms with Crippen LogP contribution < -0.4 is 4.74 Å². The number of carboxylic acid groups (broad SMARTS) is 1. The van der Waals surface area contributed by atoms with Crippen molar-refractivity contribution in [3.63, 3.8) is 0 Å². The lowest BCUT2D eigenvalue weighted by molar-refractivity contribution is -0.138. The van der Waals surface area contributed by atoms with E-state index in [1.165, 1.54) is 24.3 Å². The van der Waals surface area contributed by atoms with Gasteiger partial charge in [0.25, 0.3) is 0 Å². The molecule has 0 saturated carbocycles. The van der Waals surface area contributed by atoms with Gasteiger partial charge in [0.1, 0.15) is 11.6 Å². The van der Waals surface area contributed by atoms with Gasteiger partial charge in [-0.05, 0) is 61.7 Å². The largest absolute Gasteiger partial charge is 0.491 e. The summed E-state index contributed by atoms with van der Waals surface area (Å²) in [5, 5.41) is 10.0. The van der Waals surface area contributed by atoms with Crippen molar-refractivity contribution in [2.24, 2.45) is 0 Å². The molecule has 2 aromatic carbocycles. The summed E-state index contributed by atoms with van der Waals surface area (Å²) in [6, 6.07) is 10.6. The van der Waals surface area contributed by atoms with Crippen LogP contribution in [-0.4, -0.2) is 17.2 Å². The fraction of sp³-hybridized carbons (Fsp3) is 0.278. The average Bonchev–Trinajstić information content (AvgIpc) is 2.47. The zero-order chi connectivity index (χ0) is 17.0. The molecule has 1 N–H and O–H groups in total. The lowest BCUT2D eigenvalue weighted by atomic mass is 9.91. The second-order valence-corrected chi connectivity index (χ2v) is 6.00. The Morgan fingerprint density at radius 3 is 2.43 bits per heavy atom. The van der Waals surface area contributed by atoms with Crippen molar-refractivity contribution in [2.75, 3.05) is 0 Å². The maximum atomic E-state index is 13.1. The molecule has 0 aliphatic rings. The third-order valence-corrected chi connectivity index (χ3v) is 3.61. The van der Waals surface area contributed by atoms with Crippen LogP contribution in [0.5, 0.6) is 5.75 Å². The molecule has 2 rings (SSSR count). The Balaban J connectivity index is 2.35. The number of carboxylic acids is 1. The Morgan fingerprint density at radius 2 is 1.87 bits per heavy atom. The zero-order valence-corrected chi connectivity index (χ0v) is 13.7. The molecule has 5 heteroatoms.